The van der Waals surface area contributed by atoms with Gasteiger partial charge < -0.3 is 18.8 Å². The molecule has 0 aliphatic carbocycles. The molecule has 3 heterocycles. The Balaban J connectivity index is 1.49. The molecule has 5 rings (SSSR count). The molecule has 0 N–H and O–H groups in total. The molecule has 2 aromatic heterocycles. The van der Waals surface area contributed by atoms with Crippen LogP contribution in [0.15, 0.2) is 71.6 Å². The van der Waals surface area contributed by atoms with Gasteiger partial charge in [0.1, 0.15) is 17.1 Å². The number of benzene rings is 2. The molecule has 1 saturated heterocycles. The highest BCUT2D eigenvalue weighted by Gasteiger charge is 2.51. The van der Waals surface area contributed by atoms with Crippen LogP contribution in [0, 0.1) is 6.92 Å². The molecule has 0 radical (unpaired) electrons. The molecule has 8 nitrogen and oxygen atoms in total. The van der Waals surface area contributed by atoms with E-state index >= 15 is 4.39 Å². The molecule has 0 bridgehead atoms. The molecule has 11 heteroatoms. The van der Waals surface area contributed by atoms with Crippen molar-refractivity contribution in [1.82, 2.24) is 14.5 Å². The lowest BCUT2D eigenvalue weighted by Crippen LogP contribution is -2.36. The molecule has 4 aromatic rings. The van der Waals surface area contributed by atoms with Crippen molar-refractivity contribution >= 4 is 50.5 Å². The number of hydrogen-bond acceptors (Lipinski definition) is 7. The fraction of sp³-hybridized carbons (Fsp3) is 0.200. The SMILES string of the molecule is Cc1ccccc1C(=O)O[C@H]1O[C@@H](n2cc(Br)c3c(Cl)ncnc32)[C@@H](F)[C@@H]1OC(=O)c1ccccc1. The van der Waals surface area contributed by atoms with Crippen molar-refractivity contribution in [2.75, 3.05) is 0 Å². The van der Waals surface area contributed by atoms with Crippen molar-refractivity contribution in [3.63, 3.8) is 0 Å². The molecule has 0 spiro atoms. The van der Waals surface area contributed by atoms with Gasteiger partial charge in [-0.1, -0.05) is 48.0 Å². The molecule has 1 aliphatic rings. The number of alkyl halides is 1. The van der Waals surface area contributed by atoms with Gasteiger partial charge in [-0.15, -0.1) is 0 Å². The monoisotopic (exact) mass is 573 g/mol. The third-order valence-corrected chi connectivity index (χ3v) is 6.65. The van der Waals surface area contributed by atoms with Crippen LogP contribution in [0.4, 0.5) is 4.39 Å². The Kier molecular flexibility index (Phi) is 6.74. The number of aromatic nitrogens is 3. The van der Waals surface area contributed by atoms with E-state index in [-0.39, 0.29) is 21.9 Å². The Morgan fingerprint density at radius 1 is 1.06 bits per heavy atom. The average molecular weight is 575 g/mol. The highest BCUT2D eigenvalue weighted by molar-refractivity contribution is 9.10. The van der Waals surface area contributed by atoms with E-state index in [0.29, 0.717) is 15.4 Å². The van der Waals surface area contributed by atoms with E-state index < -0.39 is 36.7 Å². The minimum Gasteiger partial charge on any atom is -0.449 e. The smallest absolute Gasteiger partial charge is 0.340 e. The van der Waals surface area contributed by atoms with Crippen LogP contribution in [0.25, 0.3) is 11.0 Å². The van der Waals surface area contributed by atoms with E-state index in [4.69, 9.17) is 25.8 Å². The minimum atomic E-state index is -1.91. The van der Waals surface area contributed by atoms with Gasteiger partial charge in [0.25, 0.3) is 0 Å². The van der Waals surface area contributed by atoms with E-state index in [0.717, 1.165) is 0 Å². The van der Waals surface area contributed by atoms with E-state index in [1.54, 1.807) is 49.4 Å². The lowest BCUT2D eigenvalue weighted by molar-refractivity contribution is -0.147. The fourth-order valence-corrected chi connectivity index (χ4v) is 4.90. The maximum absolute atomic E-state index is 15.9. The zero-order valence-corrected chi connectivity index (χ0v) is 21.0. The lowest BCUT2D eigenvalue weighted by Gasteiger charge is -2.20. The number of halogens is 3. The molecule has 2 aromatic carbocycles. The van der Waals surface area contributed by atoms with Gasteiger partial charge in [0.05, 0.1) is 16.5 Å². The first kappa shape index (κ1) is 24.4. The summed E-state index contributed by atoms with van der Waals surface area (Å²) < 4.78 is 34.7. The van der Waals surface area contributed by atoms with Gasteiger partial charge in [-0.05, 0) is 46.6 Å². The molecule has 0 saturated carbocycles. The maximum atomic E-state index is 15.9. The highest BCUT2D eigenvalue weighted by atomic mass is 79.9. The third kappa shape index (κ3) is 4.47. The molecule has 0 unspecified atom stereocenters. The summed E-state index contributed by atoms with van der Waals surface area (Å²) in [4.78, 5) is 33.8. The maximum Gasteiger partial charge on any atom is 0.340 e. The topological polar surface area (TPSA) is 92.5 Å². The summed E-state index contributed by atoms with van der Waals surface area (Å²) in [7, 11) is 0. The first-order valence-corrected chi connectivity index (χ1v) is 12.0. The normalized spacial score (nSPS) is 21.4. The zero-order valence-electron chi connectivity index (χ0n) is 18.7. The van der Waals surface area contributed by atoms with Crippen LogP contribution in [-0.4, -0.2) is 45.0 Å². The number of rotatable bonds is 5. The molecular weight excluding hydrogens is 557 g/mol. The van der Waals surface area contributed by atoms with Gasteiger partial charge >= 0.3 is 11.9 Å². The number of hydrogen-bond donors (Lipinski definition) is 0. The van der Waals surface area contributed by atoms with Gasteiger partial charge in [0.15, 0.2) is 18.5 Å². The van der Waals surface area contributed by atoms with Gasteiger partial charge in [0, 0.05) is 10.7 Å². The number of carbonyl (C=O) groups is 2. The molecular formula is C25H18BrClFN3O5. The average Bonchev–Trinajstić information content (AvgIpc) is 3.37. The summed E-state index contributed by atoms with van der Waals surface area (Å²) in [6.45, 7) is 1.74. The number of nitrogens with zero attached hydrogens (tertiary/aromatic N) is 3. The van der Waals surface area contributed by atoms with E-state index in [1.807, 2.05) is 0 Å². The summed E-state index contributed by atoms with van der Waals surface area (Å²) in [6, 6.07) is 14.9. The van der Waals surface area contributed by atoms with Gasteiger partial charge in [0.2, 0.25) is 6.29 Å². The Hall–Kier alpha value is -3.34. The quantitative estimate of drug-likeness (QED) is 0.232. The first-order chi connectivity index (χ1) is 17.3. The molecule has 0 amide bonds. The van der Waals surface area contributed by atoms with Crippen LogP contribution < -0.4 is 0 Å². The van der Waals surface area contributed by atoms with Crippen molar-refractivity contribution in [3.8, 4) is 0 Å². The van der Waals surface area contributed by atoms with Crippen LogP contribution >= 0.6 is 27.5 Å². The number of fused-ring (bicyclic) bond motifs is 1. The molecule has 184 valence electrons. The summed E-state index contributed by atoms with van der Waals surface area (Å²) in [5.41, 5.74) is 1.44. The summed E-state index contributed by atoms with van der Waals surface area (Å²) >= 11 is 9.58. The van der Waals surface area contributed by atoms with E-state index in [1.165, 1.54) is 29.2 Å². The Morgan fingerprint density at radius 3 is 2.53 bits per heavy atom. The second-order valence-corrected chi connectivity index (χ2v) is 9.26. The first-order valence-electron chi connectivity index (χ1n) is 10.8. The second kappa shape index (κ2) is 9.96. The Morgan fingerprint density at radius 2 is 1.78 bits per heavy atom. The Labute approximate surface area is 218 Å². The molecule has 4 atom stereocenters. The number of carbonyl (C=O) groups excluding carboxylic acids is 2. The molecule has 36 heavy (non-hydrogen) atoms. The third-order valence-electron chi connectivity index (χ3n) is 5.76. The summed E-state index contributed by atoms with van der Waals surface area (Å²) in [6.07, 6.45) is -3.57. The number of ether oxygens (including phenoxy) is 3. The second-order valence-electron chi connectivity index (χ2n) is 8.04. The lowest BCUT2D eigenvalue weighted by atomic mass is 10.1. The van der Waals surface area contributed by atoms with E-state index in [2.05, 4.69) is 25.9 Å². The highest BCUT2D eigenvalue weighted by Crippen LogP contribution is 2.40. The summed E-state index contributed by atoms with van der Waals surface area (Å²) in [5, 5.41) is 0.613. The van der Waals surface area contributed by atoms with Crippen molar-refractivity contribution in [2.45, 2.75) is 31.7 Å². The number of aryl methyl sites for hydroxylation is 1. The zero-order chi connectivity index (χ0) is 25.4. The van der Waals surface area contributed by atoms with Crippen LogP contribution in [0.5, 0.6) is 0 Å². The fourth-order valence-electron chi connectivity index (χ4n) is 3.97. The van der Waals surface area contributed by atoms with E-state index in [9.17, 15) is 9.59 Å². The van der Waals surface area contributed by atoms with Crippen molar-refractivity contribution in [3.05, 3.63) is 93.4 Å². The van der Waals surface area contributed by atoms with Crippen LogP contribution in [0.3, 0.4) is 0 Å². The van der Waals surface area contributed by atoms with Gasteiger partial charge in [-0.25, -0.2) is 23.9 Å². The van der Waals surface area contributed by atoms with Crippen molar-refractivity contribution in [2.24, 2.45) is 0 Å². The summed E-state index contributed by atoms with van der Waals surface area (Å²) in [5.74, 6) is -1.52. The molecule has 1 fully saturated rings. The van der Waals surface area contributed by atoms with Crippen LogP contribution in [0.2, 0.25) is 5.15 Å². The van der Waals surface area contributed by atoms with Gasteiger partial charge in [-0.2, -0.15) is 0 Å². The predicted octanol–water partition coefficient (Wildman–Crippen LogP) is 5.43. The standard InChI is InChI=1S/C25H18BrClFN3O5/c1-13-7-5-6-10-15(13)24(33)36-25-19(34-23(32)14-8-3-2-4-9-14)18(28)22(35-25)31-11-16(26)17-20(27)29-12-30-21(17)31/h2-12,18-19,22,25H,1H3/t18-,19-,22+,25+/m0/s1. The number of esters is 2. The van der Waals surface area contributed by atoms with Crippen molar-refractivity contribution in [1.29, 1.82) is 0 Å². The van der Waals surface area contributed by atoms with Crippen molar-refractivity contribution < 1.29 is 28.2 Å². The largest absolute Gasteiger partial charge is 0.449 e. The predicted molar refractivity (Wildman–Crippen MR) is 131 cm³/mol. The van der Waals surface area contributed by atoms with Crippen LogP contribution in [-0.2, 0) is 14.2 Å². The minimum absolute atomic E-state index is 0.161. The Bertz CT molecular complexity index is 1450. The van der Waals surface area contributed by atoms with Gasteiger partial charge in [-0.3, -0.25) is 0 Å². The van der Waals surface area contributed by atoms with Crippen LogP contribution in [0.1, 0.15) is 32.5 Å². The molecule has 1 aliphatic heterocycles.